The van der Waals surface area contributed by atoms with Gasteiger partial charge in [0.1, 0.15) is 23.5 Å². The van der Waals surface area contributed by atoms with Gasteiger partial charge in [-0.15, -0.1) is 11.3 Å². The Morgan fingerprint density at radius 2 is 1.91 bits per heavy atom. The molecule has 32 heavy (non-hydrogen) atoms. The number of pyridine rings is 1. The van der Waals surface area contributed by atoms with Crippen LogP contribution in [0.15, 0.2) is 83.1 Å². The second-order valence-corrected chi connectivity index (χ2v) is 8.12. The molecule has 4 aromatic heterocycles. The first-order chi connectivity index (χ1) is 15.6. The van der Waals surface area contributed by atoms with Crippen molar-refractivity contribution in [3.8, 4) is 16.3 Å². The van der Waals surface area contributed by atoms with Crippen LogP contribution in [0.5, 0.6) is 0 Å². The van der Waals surface area contributed by atoms with E-state index in [1.807, 2.05) is 66.9 Å². The number of carbonyl (C=O) groups excluding carboxylic acids is 1. The highest BCUT2D eigenvalue weighted by molar-refractivity contribution is 7.13. The number of hydrogen-bond acceptors (Lipinski definition) is 6. The summed E-state index contributed by atoms with van der Waals surface area (Å²) >= 11 is 1.50. The molecule has 0 aliphatic carbocycles. The number of thiophene rings is 1. The quantitative estimate of drug-likeness (QED) is 0.380. The lowest BCUT2D eigenvalue weighted by Gasteiger charge is -2.07. The van der Waals surface area contributed by atoms with Gasteiger partial charge in [-0.05, 0) is 42.6 Å². The maximum Gasteiger partial charge on any atom is 0.342 e. The molecule has 1 aromatic carbocycles. The first-order valence-electron chi connectivity index (χ1n) is 9.94. The van der Waals surface area contributed by atoms with E-state index in [1.54, 1.807) is 16.9 Å². The van der Waals surface area contributed by atoms with Gasteiger partial charge in [-0.3, -0.25) is 9.20 Å². The zero-order valence-corrected chi connectivity index (χ0v) is 18.0. The van der Waals surface area contributed by atoms with Crippen molar-refractivity contribution in [3.05, 3.63) is 106 Å². The standard InChI is InChI=1S/C24H18N4O3S/c1-16-7-5-11-21-25-17(13-22(29)28(16)21)15-31-24(30)19-14-27(18-8-3-2-4-9-18)26-23(19)20-10-6-12-32-20/h2-14H,15H2,1H3. The van der Waals surface area contributed by atoms with E-state index in [9.17, 15) is 9.59 Å². The third-order valence-electron chi connectivity index (χ3n) is 4.99. The highest BCUT2D eigenvalue weighted by Crippen LogP contribution is 2.28. The van der Waals surface area contributed by atoms with Crippen LogP contribution in [0, 0.1) is 6.92 Å². The monoisotopic (exact) mass is 442 g/mol. The van der Waals surface area contributed by atoms with Gasteiger partial charge in [-0.2, -0.15) is 5.10 Å². The molecule has 0 saturated heterocycles. The van der Waals surface area contributed by atoms with Crippen LogP contribution >= 0.6 is 11.3 Å². The molecule has 0 fully saturated rings. The van der Waals surface area contributed by atoms with Crippen LogP contribution in [0.25, 0.3) is 21.9 Å². The number of ether oxygens (including phenoxy) is 1. The van der Waals surface area contributed by atoms with Crippen molar-refractivity contribution >= 4 is 23.0 Å². The van der Waals surface area contributed by atoms with E-state index in [-0.39, 0.29) is 12.2 Å². The van der Waals surface area contributed by atoms with Gasteiger partial charge in [0.05, 0.1) is 16.3 Å². The summed E-state index contributed by atoms with van der Waals surface area (Å²) in [4.78, 5) is 30.8. The molecule has 0 aliphatic rings. The summed E-state index contributed by atoms with van der Waals surface area (Å²) < 4.78 is 8.72. The number of esters is 1. The van der Waals surface area contributed by atoms with E-state index in [0.29, 0.717) is 22.6 Å². The lowest BCUT2D eigenvalue weighted by molar-refractivity contribution is 0.0468. The smallest absolute Gasteiger partial charge is 0.342 e. The average molecular weight is 443 g/mol. The molecular formula is C24H18N4O3S. The largest absolute Gasteiger partial charge is 0.455 e. The molecule has 0 aliphatic heterocycles. The Morgan fingerprint density at radius 1 is 1.06 bits per heavy atom. The van der Waals surface area contributed by atoms with E-state index >= 15 is 0 Å². The number of aromatic nitrogens is 4. The van der Waals surface area contributed by atoms with Gasteiger partial charge >= 0.3 is 5.97 Å². The normalized spacial score (nSPS) is 11.0. The minimum Gasteiger partial charge on any atom is -0.455 e. The zero-order chi connectivity index (χ0) is 22.1. The van der Waals surface area contributed by atoms with Crippen LogP contribution in [0.1, 0.15) is 21.7 Å². The van der Waals surface area contributed by atoms with Crippen molar-refractivity contribution in [2.75, 3.05) is 0 Å². The van der Waals surface area contributed by atoms with Gasteiger partial charge in [0.25, 0.3) is 5.56 Å². The van der Waals surface area contributed by atoms with Crippen LogP contribution in [0.4, 0.5) is 0 Å². The number of hydrogen-bond donors (Lipinski definition) is 0. The minimum absolute atomic E-state index is 0.112. The fourth-order valence-corrected chi connectivity index (χ4v) is 4.21. The first kappa shape index (κ1) is 19.9. The lowest BCUT2D eigenvalue weighted by Crippen LogP contribution is -2.18. The Hall–Kier alpha value is -4.04. The molecule has 0 bridgehead atoms. The zero-order valence-electron chi connectivity index (χ0n) is 17.1. The summed E-state index contributed by atoms with van der Waals surface area (Å²) in [5, 5.41) is 6.55. The SMILES string of the molecule is Cc1cccc2nc(COC(=O)c3cn(-c4ccccc4)nc3-c3cccs3)cc(=O)n12. The average Bonchev–Trinajstić information content (AvgIpc) is 3.48. The molecule has 5 aromatic rings. The molecule has 0 saturated carbocycles. The molecule has 0 N–H and O–H groups in total. The molecule has 0 spiro atoms. The highest BCUT2D eigenvalue weighted by atomic mass is 32.1. The summed E-state index contributed by atoms with van der Waals surface area (Å²) in [5.74, 6) is -0.526. The summed E-state index contributed by atoms with van der Waals surface area (Å²) in [7, 11) is 0. The maximum atomic E-state index is 13.0. The molecule has 158 valence electrons. The number of benzene rings is 1. The van der Waals surface area contributed by atoms with Crippen molar-refractivity contribution < 1.29 is 9.53 Å². The number of nitrogens with zero attached hydrogens (tertiary/aromatic N) is 4. The topological polar surface area (TPSA) is 78.5 Å². The third-order valence-corrected chi connectivity index (χ3v) is 5.87. The first-order valence-corrected chi connectivity index (χ1v) is 10.8. The van der Waals surface area contributed by atoms with Crippen LogP contribution in [-0.4, -0.2) is 25.1 Å². The number of para-hydroxylation sites is 1. The second kappa shape index (κ2) is 8.24. The van der Waals surface area contributed by atoms with Crippen molar-refractivity contribution in [2.45, 2.75) is 13.5 Å². The van der Waals surface area contributed by atoms with Crippen LogP contribution in [-0.2, 0) is 11.3 Å². The van der Waals surface area contributed by atoms with Crippen molar-refractivity contribution in [2.24, 2.45) is 0 Å². The van der Waals surface area contributed by atoms with Gasteiger partial charge in [0, 0.05) is 18.0 Å². The van der Waals surface area contributed by atoms with E-state index < -0.39 is 5.97 Å². The lowest BCUT2D eigenvalue weighted by atomic mass is 10.2. The van der Waals surface area contributed by atoms with E-state index in [4.69, 9.17) is 4.74 Å². The Morgan fingerprint density at radius 3 is 2.69 bits per heavy atom. The van der Waals surface area contributed by atoms with Crippen LogP contribution < -0.4 is 5.56 Å². The third kappa shape index (κ3) is 3.72. The van der Waals surface area contributed by atoms with Crippen molar-refractivity contribution in [1.82, 2.24) is 19.2 Å². The maximum absolute atomic E-state index is 13.0. The Bertz CT molecular complexity index is 1470. The summed E-state index contributed by atoms with van der Waals surface area (Å²) in [6, 6.07) is 20.2. The predicted octanol–water partition coefficient (Wildman–Crippen LogP) is 4.27. The molecule has 0 amide bonds. The van der Waals surface area contributed by atoms with Gasteiger partial charge in [-0.1, -0.05) is 30.3 Å². The number of rotatable bonds is 5. The number of aryl methyl sites for hydroxylation is 1. The number of fused-ring (bicyclic) bond motifs is 1. The van der Waals surface area contributed by atoms with Crippen molar-refractivity contribution in [1.29, 1.82) is 0 Å². The molecule has 8 heteroatoms. The molecular weight excluding hydrogens is 424 g/mol. The fourth-order valence-electron chi connectivity index (χ4n) is 3.49. The van der Waals surface area contributed by atoms with Gasteiger partial charge in [0.15, 0.2) is 0 Å². The molecule has 0 radical (unpaired) electrons. The number of carbonyl (C=O) groups is 1. The summed E-state index contributed by atoms with van der Waals surface area (Å²) in [6.45, 7) is 1.73. The summed E-state index contributed by atoms with van der Waals surface area (Å²) in [6.07, 6.45) is 1.67. The Balaban J connectivity index is 1.45. The highest BCUT2D eigenvalue weighted by Gasteiger charge is 2.21. The minimum atomic E-state index is -0.526. The van der Waals surface area contributed by atoms with E-state index in [1.165, 1.54) is 21.8 Å². The molecule has 7 nitrogen and oxygen atoms in total. The van der Waals surface area contributed by atoms with Crippen LogP contribution in [0.2, 0.25) is 0 Å². The molecule has 0 unspecified atom stereocenters. The van der Waals surface area contributed by atoms with Gasteiger partial charge in [0.2, 0.25) is 0 Å². The van der Waals surface area contributed by atoms with E-state index in [0.717, 1.165) is 16.3 Å². The molecule has 5 rings (SSSR count). The van der Waals surface area contributed by atoms with Crippen LogP contribution in [0.3, 0.4) is 0 Å². The van der Waals surface area contributed by atoms with Gasteiger partial charge < -0.3 is 4.74 Å². The molecule has 4 heterocycles. The molecule has 0 atom stereocenters. The summed E-state index contributed by atoms with van der Waals surface area (Å²) in [5.41, 5.74) is 3.22. The van der Waals surface area contributed by atoms with Crippen molar-refractivity contribution in [3.63, 3.8) is 0 Å². The van der Waals surface area contributed by atoms with E-state index in [2.05, 4.69) is 10.1 Å². The van der Waals surface area contributed by atoms with Gasteiger partial charge in [-0.25, -0.2) is 14.5 Å². The second-order valence-electron chi connectivity index (χ2n) is 7.17. The Labute approximate surface area is 187 Å². The fraction of sp³-hybridized carbons (Fsp3) is 0.0833. The predicted molar refractivity (Wildman–Crippen MR) is 122 cm³/mol. The Kier molecular flexibility index (Phi) is 5.12.